The van der Waals surface area contributed by atoms with E-state index in [1.54, 1.807) is 39.0 Å². The average molecular weight is 863 g/mol. The second-order valence-electron chi connectivity index (χ2n) is 16.3. The van der Waals surface area contributed by atoms with Gasteiger partial charge in [-0.1, -0.05) is 42.5 Å². The Labute approximate surface area is 362 Å². The van der Waals surface area contributed by atoms with E-state index in [9.17, 15) is 29.2 Å². The molecule has 0 spiro atoms. The minimum Gasteiger partial charge on any atom is -0.481 e. The highest BCUT2D eigenvalue weighted by Gasteiger charge is 2.32. The maximum Gasteiger partial charge on any atom is 0.478 e. The molecular weight excluding hydrogens is 795 g/mol. The SMILES string of the molecule is C=CCB(OC(C)C)OC(C)C.C=C[C@@H](O)CC(=O)OC(C)(C)C.CC(C)(C)OC(=O)C[C@H]1C=CCB(O)O1.O=C(O)C[C@H]1C=CC[C@H](NC(=O)Cc2cccs2)B(O)O1. The molecule has 0 fully saturated rings. The third kappa shape index (κ3) is 31.3. The molecule has 2 aliphatic heterocycles. The van der Waals surface area contributed by atoms with Crippen molar-refractivity contribution in [1.29, 1.82) is 0 Å². The molecule has 0 bridgehead atoms. The van der Waals surface area contributed by atoms with Crippen molar-refractivity contribution in [2.24, 2.45) is 0 Å². The topological polar surface area (TPSA) is 217 Å². The predicted octanol–water partition coefficient (Wildman–Crippen LogP) is 5.54. The van der Waals surface area contributed by atoms with Crippen LogP contribution in [0.25, 0.3) is 0 Å². The van der Waals surface area contributed by atoms with Gasteiger partial charge in [-0.2, -0.15) is 0 Å². The molecule has 1 aromatic rings. The number of esters is 2. The molecule has 5 N–H and O–H groups in total. The van der Waals surface area contributed by atoms with Gasteiger partial charge in [0.25, 0.3) is 0 Å². The molecule has 0 radical (unpaired) electrons. The van der Waals surface area contributed by atoms with E-state index in [1.165, 1.54) is 17.4 Å². The van der Waals surface area contributed by atoms with E-state index in [0.29, 0.717) is 12.7 Å². The molecule has 1 amide bonds. The number of rotatable bonds is 16. The summed E-state index contributed by atoms with van der Waals surface area (Å²) < 4.78 is 31.5. The Kier molecular flexibility index (Phi) is 27.9. The lowest BCUT2D eigenvalue weighted by Crippen LogP contribution is -2.48. The highest BCUT2D eigenvalue weighted by molar-refractivity contribution is 7.10. The molecule has 60 heavy (non-hydrogen) atoms. The summed E-state index contributed by atoms with van der Waals surface area (Å²) in [5, 5.41) is 41.5. The van der Waals surface area contributed by atoms with Gasteiger partial charge in [0.2, 0.25) is 5.91 Å². The zero-order valence-corrected chi connectivity index (χ0v) is 37.9. The number of hydrogen-bond donors (Lipinski definition) is 5. The number of nitrogens with one attached hydrogen (secondary N) is 1. The largest absolute Gasteiger partial charge is 0.481 e. The summed E-state index contributed by atoms with van der Waals surface area (Å²) in [5.74, 6) is -2.50. The minimum atomic E-state index is -1.23. The number of carbonyl (C=O) groups is 4. The van der Waals surface area contributed by atoms with Crippen LogP contribution >= 0.6 is 11.3 Å². The molecule has 0 saturated carbocycles. The van der Waals surface area contributed by atoms with Crippen LogP contribution in [0.1, 0.15) is 99.8 Å². The number of aliphatic carboxylic acids is 1. The molecule has 0 aliphatic carbocycles. The quantitative estimate of drug-likeness (QED) is 0.0784. The Morgan fingerprint density at radius 1 is 0.933 bits per heavy atom. The zero-order valence-electron chi connectivity index (χ0n) is 37.0. The van der Waals surface area contributed by atoms with Crippen LogP contribution in [0.2, 0.25) is 12.6 Å². The molecular formula is C41H68B3NO14S. The van der Waals surface area contributed by atoms with Crippen LogP contribution in [0, 0.1) is 0 Å². The van der Waals surface area contributed by atoms with Gasteiger partial charge in [-0.25, -0.2) is 0 Å². The van der Waals surface area contributed by atoms with E-state index in [0.717, 1.165) is 11.2 Å². The molecule has 19 heteroatoms. The van der Waals surface area contributed by atoms with Gasteiger partial charge in [-0.15, -0.1) is 24.5 Å². The van der Waals surface area contributed by atoms with Crippen molar-refractivity contribution in [1.82, 2.24) is 5.32 Å². The number of carboxylic acid groups (broad SMARTS) is 1. The van der Waals surface area contributed by atoms with Crippen LogP contribution in [-0.4, -0.2) is 113 Å². The summed E-state index contributed by atoms with van der Waals surface area (Å²) in [4.78, 5) is 45.9. The zero-order chi connectivity index (χ0) is 46.1. The van der Waals surface area contributed by atoms with Gasteiger partial charge in [0, 0.05) is 29.7 Å². The predicted molar refractivity (Wildman–Crippen MR) is 236 cm³/mol. The number of allylic oxidation sites excluding steroid dienone is 2. The van der Waals surface area contributed by atoms with Crippen molar-refractivity contribution in [2.75, 3.05) is 0 Å². The molecule has 3 rings (SSSR count). The standard InChI is InChI=1S/C13H16BNO5S.C10H17BO4.C9H19BO2.C9H16O3/c16-12(8-10-4-2-6-21-10)15-11-5-1-3-9(7-13(17)18)20-14(11)19;1-10(2,3)14-9(12)7-8-5-4-6-11(13)15-8;1-6-7-10(11-8(2)3)12-9(4)5;1-5-7(10)6-8(11)12-9(2,3)4/h1-4,6,9,11,19H,5,7-8H2,(H,15,16)(H,17,18);4-5,8,13H,6-7H2,1-3H3;6,8-9H,1,7H2,2-5H3;5,7,10H,1,6H2,2-4H3/t9-,11+;8-;;7-/m11.1/s1. The number of ether oxygens (including phenoxy) is 2. The first-order valence-corrected chi connectivity index (χ1v) is 20.9. The third-order valence-corrected chi connectivity index (χ3v) is 8.00. The molecule has 0 saturated heterocycles. The number of amides is 1. The van der Waals surface area contributed by atoms with E-state index >= 15 is 0 Å². The fourth-order valence-electron chi connectivity index (χ4n) is 4.90. The molecule has 336 valence electrons. The summed E-state index contributed by atoms with van der Waals surface area (Å²) in [7, 11) is -2.17. The van der Waals surface area contributed by atoms with Crippen molar-refractivity contribution >= 4 is 56.5 Å². The van der Waals surface area contributed by atoms with Crippen LogP contribution < -0.4 is 5.32 Å². The van der Waals surface area contributed by atoms with Crippen LogP contribution in [0.15, 0.2) is 67.1 Å². The monoisotopic (exact) mass is 863 g/mol. The minimum absolute atomic E-state index is 0.0270. The number of aliphatic hydroxyl groups is 1. The van der Waals surface area contributed by atoms with Gasteiger partial charge in [0.05, 0.1) is 49.9 Å². The van der Waals surface area contributed by atoms with Crippen LogP contribution in [-0.2, 0) is 53.7 Å². The summed E-state index contributed by atoms with van der Waals surface area (Å²) in [6, 6.07) is 3.74. The summed E-state index contributed by atoms with van der Waals surface area (Å²) in [6.07, 6.45) is 10.3. The Bertz CT molecular complexity index is 1470. The van der Waals surface area contributed by atoms with Crippen LogP contribution in [0.4, 0.5) is 0 Å². The Morgan fingerprint density at radius 2 is 1.50 bits per heavy atom. The normalized spacial score (nSPS) is 17.9. The first-order chi connectivity index (χ1) is 27.8. The van der Waals surface area contributed by atoms with Crippen LogP contribution in [0.5, 0.6) is 0 Å². The number of aliphatic hydroxyl groups excluding tert-OH is 1. The fraction of sp³-hybridized carbons (Fsp3) is 0.610. The maximum absolute atomic E-state index is 11.9. The number of carboxylic acids is 1. The Hall–Kier alpha value is -3.55. The highest BCUT2D eigenvalue weighted by atomic mass is 32.1. The van der Waals surface area contributed by atoms with Gasteiger partial charge in [-0.05, 0) is 87.1 Å². The fourth-order valence-corrected chi connectivity index (χ4v) is 5.60. The summed E-state index contributed by atoms with van der Waals surface area (Å²) in [6.45, 7) is 25.8. The third-order valence-electron chi connectivity index (χ3n) is 7.12. The number of thiophene rings is 1. The lowest BCUT2D eigenvalue weighted by atomic mass is 9.77. The number of hydrogen-bond acceptors (Lipinski definition) is 14. The Morgan fingerprint density at radius 3 is 1.98 bits per heavy atom. The first-order valence-electron chi connectivity index (χ1n) is 20.0. The van der Waals surface area contributed by atoms with Gasteiger partial charge in [-0.3, -0.25) is 19.2 Å². The lowest BCUT2D eigenvalue weighted by Gasteiger charge is -2.23. The van der Waals surface area contributed by atoms with Crippen molar-refractivity contribution in [3.63, 3.8) is 0 Å². The molecule has 1 aromatic heterocycles. The van der Waals surface area contributed by atoms with Crippen molar-refractivity contribution < 1.29 is 67.5 Å². The summed E-state index contributed by atoms with van der Waals surface area (Å²) >= 11 is 1.49. The number of carbonyl (C=O) groups excluding carboxylic acids is 3. The van der Waals surface area contributed by atoms with Gasteiger partial charge in [0.15, 0.2) is 0 Å². The van der Waals surface area contributed by atoms with Gasteiger partial charge in [0.1, 0.15) is 11.2 Å². The van der Waals surface area contributed by atoms with Gasteiger partial charge >= 0.3 is 39.3 Å². The molecule has 0 aromatic carbocycles. The van der Waals surface area contributed by atoms with Crippen molar-refractivity contribution in [2.45, 2.75) is 162 Å². The molecule has 3 heterocycles. The molecule has 15 nitrogen and oxygen atoms in total. The Balaban J connectivity index is 0.000000800. The van der Waals surface area contributed by atoms with E-state index in [2.05, 4.69) is 18.5 Å². The van der Waals surface area contributed by atoms with Gasteiger partial charge < -0.3 is 53.7 Å². The lowest BCUT2D eigenvalue weighted by molar-refractivity contribution is -0.157. The molecule has 2 aliphatic rings. The maximum atomic E-state index is 11.9. The van der Waals surface area contributed by atoms with Crippen LogP contribution in [0.3, 0.4) is 0 Å². The highest BCUT2D eigenvalue weighted by Crippen LogP contribution is 2.16. The van der Waals surface area contributed by atoms with Crippen molar-refractivity contribution in [3.05, 3.63) is 72.0 Å². The molecule has 0 unspecified atom stereocenters. The van der Waals surface area contributed by atoms with E-state index < -0.39 is 55.5 Å². The molecule has 4 atom stereocenters. The van der Waals surface area contributed by atoms with E-state index in [-0.39, 0.29) is 63.0 Å². The van der Waals surface area contributed by atoms with E-state index in [1.807, 2.05) is 78.1 Å². The summed E-state index contributed by atoms with van der Waals surface area (Å²) in [5.41, 5.74) is -0.966. The van der Waals surface area contributed by atoms with E-state index in [4.69, 9.17) is 38.3 Å². The second-order valence-corrected chi connectivity index (χ2v) is 17.3. The first kappa shape index (κ1) is 56.5. The smallest absolute Gasteiger partial charge is 0.478 e. The van der Waals surface area contributed by atoms with Crippen molar-refractivity contribution in [3.8, 4) is 0 Å². The second kappa shape index (κ2) is 29.7. The average Bonchev–Trinajstić information content (AvgIpc) is 3.52.